The number of benzene rings is 5. The van der Waals surface area contributed by atoms with Crippen LogP contribution in [0.4, 0.5) is 24.5 Å². The molecular weight excluding hydrogens is 694 g/mol. The fourth-order valence-electron chi connectivity index (χ4n) is 4.65. The molecule has 5 aromatic carbocycles. The van der Waals surface area contributed by atoms with Gasteiger partial charge in [0.25, 0.3) is 11.8 Å². The minimum atomic E-state index is -4.67. The summed E-state index contributed by atoms with van der Waals surface area (Å²) < 4.78 is 41.0. The molecule has 0 saturated heterocycles. The number of anilines is 2. The minimum Gasteiger partial charge on any atom is -0.324 e. The second kappa shape index (κ2) is 15.9. The molecule has 0 aliphatic heterocycles. The van der Waals surface area contributed by atoms with Crippen molar-refractivity contribution in [3.05, 3.63) is 165 Å². The second-order valence-electron chi connectivity index (χ2n) is 10.4. The first-order chi connectivity index (χ1) is 23.5. The number of thioether (sulfide) groups is 1. The molecule has 0 spiro atoms. The Hall–Kier alpha value is -5.03. The Bertz CT molecular complexity index is 2010. The third kappa shape index (κ3) is 9.32. The van der Waals surface area contributed by atoms with Crippen LogP contribution in [0.25, 0.3) is 6.08 Å². The molecule has 3 N–H and O–H groups in total. The molecule has 49 heavy (non-hydrogen) atoms. The van der Waals surface area contributed by atoms with Gasteiger partial charge in [-0.15, -0.1) is 11.8 Å². The normalized spacial score (nSPS) is 12.1. The highest BCUT2D eigenvalue weighted by Gasteiger charge is 2.34. The van der Waals surface area contributed by atoms with Gasteiger partial charge in [0.1, 0.15) is 10.9 Å². The van der Waals surface area contributed by atoms with E-state index in [0.29, 0.717) is 27.3 Å². The van der Waals surface area contributed by atoms with Crippen molar-refractivity contribution in [3.8, 4) is 0 Å². The Morgan fingerprint density at radius 3 is 2.10 bits per heavy atom. The highest BCUT2D eigenvalue weighted by molar-refractivity contribution is 8.00. The van der Waals surface area contributed by atoms with Gasteiger partial charge in [-0.25, -0.2) is 0 Å². The van der Waals surface area contributed by atoms with Gasteiger partial charge in [-0.1, -0.05) is 102 Å². The van der Waals surface area contributed by atoms with Crippen molar-refractivity contribution < 1.29 is 27.6 Å². The molecule has 0 heterocycles. The maximum atomic E-state index is 13.7. The summed E-state index contributed by atoms with van der Waals surface area (Å²) >= 11 is 13.6. The average Bonchev–Trinajstić information content (AvgIpc) is 3.09. The van der Waals surface area contributed by atoms with Crippen LogP contribution in [-0.4, -0.2) is 17.7 Å². The number of rotatable bonds is 10. The molecule has 0 aromatic heterocycles. The van der Waals surface area contributed by atoms with E-state index in [1.165, 1.54) is 24.3 Å². The Morgan fingerprint density at radius 1 is 0.735 bits per heavy atom. The van der Waals surface area contributed by atoms with E-state index in [1.807, 2.05) is 0 Å². The van der Waals surface area contributed by atoms with E-state index < -0.39 is 34.7 Å². The summed E-state index contributed by atoms with van der Waals surface area (Å²) in [5, 5.41) is 7.33. The molecule has 3 amide bonds. The van der Waals surface area contributed by atoms with E-state index >= 15 is 0 Å². The molecule has 0 fully saturated rings. The zero-order valence-corrected chi connectivity index (χ0v) is 27.6. The number of carbonyl (C=O) groups is 3. The standard InChI is InChI=1S/C37H26Cl2F3N3O3S/c38-29-19-9-15-25(32(29)39)21-31(45-34(46)24-13-5-2-6-14-24)35(47)43-26-16-10-17-27(22-26)49-33(23-11-3-1-4-12-23)36(48)44-30-20-8-7-18-28(30)37(40,41)42/h1-22,33H,(H,43,47)(H,44,48)(H,45,46)/b31-21+. The lowest BCUT2D eigenvalue weighted by atomic mass is 10.1. The highest BCUT2D eigenvalue weighted by atomic mass is 35.5. The van der Waals surface area contributed by atoms with Crippen molar-refractivity contribution in [2.75, 3.05) is 10.6 Å². The van der Waals surface area contributed by atoms with Gasteiger partial charge in [0, 0.05) is 16.1 Å². The Balaban J connectivity index is 1.41. The molecule has 0 radical (unpaired) electrons. The van der Waals surface area contributed by atoms with Crippen molar-refractivity contribution in [3.63, 3.8) is 0 Å². The molecule has 5 rings (SSSR count). The van der Waals surface area contributed by atoms with Gasteiger partial charge >= 0.3 is 6.18 Å². The van der Waals surface area contributed by atoms with Crippen molar-refractivity contribution in [2.24, 2.45) is 0 Å². The molecule has 6 nitrogen and oxygen atoms in total. The monoisotopic (exact) mass is 719 g/mol. The summed E-state index contributed by atoms with van der Waals surface area (Å²) in [4.78, 5) is 40.8. The predicted molar refractivity (Wildman–Crippen MR) is 189 cm³/mol. The molecule has 0 aliphatic carbocycles. The molecule has 12 heteroatoms. The van der Waals surface area contributed by atoms with E-state index in [-0.39, 0.29) is 21.4 Å². The third-order valence-electron chi connectivity index (χ3n) is 6.99. The average molecular weight is 721 g/mol. The molecule has 1 unspecified atom stereocenters. The number of nitrogens with one attached hydrogen (secondary N) is 3. The fraction of sp³-hybridized carbons (Fsp3) is 0.0541. The Kier molecular flexibility index (Phi) is 11.5. The van der Waals surface area contributed by atoms with Crippen LogP contribution < -0.4 is 16.0 Å². The highest BCUT2D eigenvalue weighted by Crippen LogP contribution is 2.39. The van der Waals surface area contributed by atoms with Crippen molar-refractivity contribution in [2.45, 2.75) is 16.3 Å². The summed E-state index contributed by atoms with van der Waals surface area (Å²) in [6.45, 7) is 0. The molecule has 5 aromatic rings. The van der Waals surface area contributed by atoms with Gasteiger partial charge in [0.2, 0.25) is 5.91 Å². The SMILES string of the molecule is O=C(Nc1cccc(SC(C(=O)Nc2ccccc2C(F)(F)F)c2ccccc2)c1)/C(=C\c1cccc(Cl)c1Cl)NC(=O)c1ccccc1. The quantitative estimate of drug-likeness (QED) is 0.0991. The summed E-state index contributed by atoms with van der Waals surface area (Å²) in [6, 6.07) is 33.1. The summed E-state index contributed by atoms with van der Waals surface area (Å²) in [6.07, 6.45) is -3.27. The first-order valence-electron chi connectivity index (χ1n) is 14.6. The maximum Gasteiger partial charge on any atom is 0.418 e. The van der Waals surface area contributed by atoms with Crippen LogP contribution in [0.2, 0.25) is 10.0 Å². The molecule has 1 atom stereocenters. The first kappa shape index (κ1) is 35.3. The van der Waals surface area contributed by atoms with Gasteiger partial charge in [-0.05, 0) is 65.7 Å². The number of halogens is 5. The summed E-state index contributed by atoms with van der Waals surface area (Å²) in [5.41, 5.74) is 0.130. The predicted octanol–water partition coefficient (Wildman–Crippen LogP) is 9.89. The first-order valence-corrected chi connectivity index (χ1v) is 16.3. The smallest absolute Gasteiger partial charge is 0.324 e. The fourth-order valence-corrected chi connectivity index (χ4v) is 6.10. The molecule has 0 aliphatic rings. The third-order valence-corrected chi connectivity index (χ3v) is 9.07. The van der Waals surface area contributed by atoms with E-state index in [0.717, 1.165) is 17.8 Å². The van der Waals surface area contributed by atoms with Crippen LogP contribution >= 0.6 is 35.0 Å². The van der Waals surface area contributed by atoms with Gasteiger partial charge in [-0.3, -0.25) is 14.4 Å². The zero-order chi connectivity index (χ0) is 35.0. The Morgan fingerprint density at radius 2 is 1.39 bits per heavy atom. The van der Waals surface area contributed by atoms with Crippen LogP contribution in [0.3, 0.4) is 0 Å². The van der Waals surface area contributed by atoms with Crippen LogP contribution in [0.15, 0.2) is 138 Å². The van der Waals surface area contributed by atoms with Gasteiger partial charge in [-0.2, -0.15) is 13.2 Å². The Labute approximate surface area is 294 Å². The van der Waals surface area contributed by atoms with E-state index in [1.54, 1.807) is 103 Å². The van der Waals surface area contributed by atoms with Crippen molar-refractivity contribution in [1.82, 2.24) is 5.32 Å². The van der Waals surface area contributed by atoms with Gasteiger partial charge in [0.05, 0.1) is 21.3 Å². The molecule has 248 valence electrons. The van der Waals surface area contributed by atoms with E-state index in [2.05, 4.69) is 16.0 Å². The largest absolute Gasteiger partial charge is 0.418 e. The number of hydrogen-bond donors (Lipinski definition) is 3. The molecule has 0 bridgehead atoms. The van der Waals surface area contributed by atoms with Crippen molar-refractivity contribution in [1.29, 1.82) is 0 Å². The molecule has 0 saturated carbocycles. The van der Waals surface area contributed by atoms with Crippen LogP contribution in [0.1, 0.15) is 32.3 Å². The van der Waals surface area contributed by atoms with E-state index in [9.17, 15) is 27.6 Å². The number of hydrogen-bond acceptors (Lipinski definition) is 4. The minimum absolute atomic E-state index is 0.124. The maximum absolute atomic E-state index is 13.7. The van der Waals surface area contributed by atoms with E-state index in [4.69, 9.17) is 23.2 Å². The summed E-state index contributed by atoms with van der Waals surface area (Å²) in [5.74, 6) is -1.88. The lowest BCUT2D eigenvalue weighted by Crippen LogP contribution is -2.30. The van der Waals surface area contributed by atoms with Crippen molar-refractivity contribution >= 4 is 70.1 Å². The van der Waals surface area contributed by atoms with Gasteiger partial charge < -0.3 is 16.0 Å². The number of carbonyl (C=O) groups excluding carboxylic acids is 3. The van der Waals surface area contributed by atoms with Crippen LogP contribution in [0, 0.1) is 0 Å². The lowest BCUT2D eigenvalue weighted by Gasteiger charge is -2.19. The lowest BCUT2D eigenvalue weighted by molar-refractivity contribution is -0.137. The number of para-hydroxylation sites is 1. The number of amides is 3. The zero-order valence-electron chi connectivity index (χ0n) is 25.3. The summed E-state index contributed by atoms with van der Waals surface area (Å²) in [7, 11) is 0. The van der Waals surface area contributed by atoms with Gasteiger partial charge in [0.15, 0.2) is 0 Å². The molecular formula is C37H26Cl2F3N3O3S. The van der Waals surface area contributed by atoms with Crippen LogP contribution in [-0.2, 0) is 15.8 Å². The topological polar surface area (TPSA) is 87.3 Å². The van der Waals surface area contributed by atoms with Crippen LogP contribution in [0.5, 0.6) is 0 Å². The second-order valence-corrected chi connectivity index (χ2v) is 12.4. The number of alkyl halides is 3.